The van der Waals surface area contributed by atoms with E-state index < -0.39 is 7.05 Å². The number of oxazole rings is 1. The van der Waals surface area contributed by atoms with Crippen LogP contribution < -0.4 is 20.7 Å². The van der Waals surface area contributed by atoms with Gasteiger partial charge in [0, 0.05) is 15.9 Å². The molecule has 1 heterocycles. The van der Waals surface area contributed by atoms with Crippen molar-refractivity contribution in [3.05, 3.63) is 121 Å². The van der Waals surface area contributed by atoms with Gasteiger partial charge in [0.15, 0.2) is 0 Å². The van der Waals surface area contributed by atoms with Crippen LogP contribution in [-0.4, -0.2) is 11.6 Å². The Balaban J connectivity index is 1.83. The SMILES string of the molecule is CCOc1cnc(-c2ccccc2N=P(c2ccccc2)(c2ccccc2)c2ccccc2)o1. The lowest BCUT2D eigenvalue weighted by Crippen LogP contribution is -2.25. The lowest BCUT2D eigenvalue weighted by molar-refractivity contribution is 0.260. The van der Waals surface area contributed by atoms with Crippen LogP contribution in [0.5, 0.6) is 5.95 Å². The van der Waals surface area contributed by atoms with E-state index in [1.165, 1.54) is 15.9 Å². The molecule has 0 aliphatic carbocycles. The maximum Gasteiger partial charge on any atom is 0.305 e. The highest BCUT2D eigenvalue weighted by Crippen LogP contribution is 2.50. The Morgan fingerprint density at radius 2 is 1.21 bits per heavy atom. The van der Waals surface area contributed by atoms with Crippen molar-refractivity contribution >= 4 is 28.7 Å². The molecule has 0 N–H and O–H groups in total. The molecule has 0 fully saturated rings. The van der Waals surface area contributed by atoms with Crippen LogP contribution in [0.1, 0.15) is 6.92 Å². The average molecular weight is 465 g/mol. The minimum absolute atomic E-state index is 0.405. The fraction of sp³-hybridized carbons (Fsp3) is 0.0690. The Labute approximate surface area is 200 Å². The van der Waals surface area contributed by atoms with Gasteiger partial charge in [-0.15, -0.1) is 0 Å². The Morgan fingerprint density at radius 3 is 1.74 bits per heavy atom. The minimum atomic E-state index is -2.40. The second kappa shape index (κ2) is 9.94. The zero-order chi connectivity index (χ0) is 23.2. The van der Waals surface area contributed by atoms with Gasteiger partial charge in [-0.1, -0.05) is 103 Å². The number of aromatic nitrogens is 1. The van der Waals surface area contributed by atoms with Gasteiger partial charge < -0.3 is 9.15 Å². The molecule has 5 rings (SSSR count). The molecule has 4 aromatic carbocycles. The van der Waals surface area contributed by atoms with Gasteiger partial charge in [0.2, 0.25) is 5.89 Å². The molecule has 0 atom stereocenters. The van der Waals surface area contributed by atoms with E-state index in [9.17, 15) is 0 Å². The van der Waals surface area contributed by atoms with Gasteiger partial charge in [-0.25, -0.2) is 4.98 Å². The predicted molar refractivity (Wildman–Crippen MR) is 140 cm³/mol. The zero-order valence-electron chi connectivity index (χ0n) is 18.9. The molecular weight excluding hydrogens is 439 g/mol. The van der Waals surface area contributed by atoms with Crippen molar-refractivity contribution in [1.29, 1.82) is 0 Å². The average Bonchev–Trinajstić information content (AvgIpc) is 3.38. The number of hydrogen-bond donors (Lipinski definition) is 0. The summed E-state index contributed by atoms with van der Waals surface area (Å²) in [7, 11) is -2.40. The molecule has 0 radical (unpaired) electrons. The number of rotatable bonds is 7. The summed E-state index contributed by atoms with van der Waals surface area (Å²) in [6, 6.07) is 39.7. The van der Waals surface area contributed by atoms with Crippen LogP contribution >= 0.6 is 7.05 Å². The molecule has 0 aliphatic rings. The fourth-order valence-corrected chi connectivity index (χ4v) is 7.60. The van der Waals surface area contributed by atoms with Crippen molar-refractivity contribution in [3.63, 3.8) is 0 Å². The molecule has 0 bridgehead atoms. The molecule has 5 heteroatoms. The lowest BCUT2D eigenvalue weighted by atomic mass is 10.2. The first kappa shape index (κ1) is 21.9. The van der Waals surface area contributed by atoms with Crippen LogP contribution in [-0.2, 0) is 0 Å². The Hall–Kier alpha value is -3.88. The molecule has 5 aromatic rings. The molecule has 1 aromatic heterocycles. The third kappa shape index (κ3) is 4.21. The summed E-state index contributed by atoms with van der Waals surface area (Å²) in [6.07, 6.45) is 1.61. The summed E-state index contributed by atoms with van der Waals surface area (Å²) < 4.78 is 17.0. The lowest BCUT2D eigenvalue weighted by Gasteiger charge is -2.27. The summed E-state index contributed by atoms with van der Waals surface area (Å²) in [5.74, 6) is 0.901. The fourth-order valence-electron chi connectivity index (χ4n) is 4.05. The van der Waals surface area contributed by atoms with Crippen LogP contribution in [0.4, 0.5) is 5.69 Å². The number of ether oxygens (including phenoxy) is 1. The molecule has 0 saturated carbocycles. The van der Waals surface area contributed by atoms with Crippen LogP contribution in [0.3, 0.4) is 0 Å². The van der Waals surface area contributed by atoms with E-state index in [-0.39, 0.29) is 0 Å². The summed E-state index contributed by atoms with van der Waals surface area (Å²) in [4.78, 5) is 4.47. The van der Waals surface area contributed by atoms with Crippen LogP contribution in [0.15, 0.2) is 131 Å². The van der Waals surface area contributed by atoms with E-state index in [0.717, 1.165) is 11.3 Å². The number of hydrogen-bond acceptors (Lipinski definition) is 4. The Kier molecular flexibility index (Phi) is 6.42. The van der Waals surface area contributed by atoms with Gasteiger partial charge in [-0.2, -0.15) is 0 Å². The third-order valence-electron chi connectivity index (χ3n) is 5.55. The quantitative estimate of drug-likeness (QED) is 0.257. The molecule has 0 spiro atoms. The smallest absolute Gasteiger partial charge is 0.305 e. The maximum atomic E-state index is 5.90. The summed E-state index contributed by atoms with van der Waals surface area (Å²) in [5, 5.41) is 3.55. The maximum absolute atomic E-state index is 5.90. The van der Waals surface area contributed by atoms with E-state index in [1.807, 2.05) is 49.4 Å². The van der Waals surface area contributed by atoms with Crippen molar-refractivity contribution in [2.45, 2.75) is 6.92 Å². The molecule has 4 nitrogen and oxygen atoms in total. The van der Waals surface area contributed by atoms with Crippen molar-refractivity contribution < 1.29 is 9.15 Å². The first-order valence-corrected chi connectivity index (χ1v) is 13.0. The van der Waals surface area contributed by atoms with Gasteiger partial charge in [0.1, 0.15) is 6.20 Å². The second-order valence-corrected chi connectivity index (χ2v) is 10.7. The molecule has 0 unspecified atom stereocenters. The summed E-state index contributed by atoms with van der Waals surface area (Å²) in [5.41, 5.74) is 1.66. The Bertz CT molecular complexity index is 1310. The molecule has 34 heavy (non-hydrogen) atoms. The van der Waals surface area contributed by atoms with Gasteiger partial charge in [0.05, 0.1) is 24.9 Å². The predicted octanol–water partition coefficient (Wildman–Crippen LogP) is 6.55. The molecule has 168 valence electrons. The number of nitrogens with zero attached hydrogens (tertiary/aromatic N) is 2. The van der Waals surface area contributed by atoms with E-state index in [4.69, 9.17) is 13.9 Å². The third-order valence-corrected chi connectivity index (χ3v) is 9.20. The van der Waals surface area contributed by atoms with E-state index >= 15 is 0 Å². The first-order chi connectivity index (χ1) is 16.8. The minimum Gasteiger partial charge on any atom is -0.464 e. The van der Waals surface area contributed by atoms with Crippen LogP contribution in [0.2, 0.25) is 0 Å². The second-order valence-electron chi connectivity index (χ2n) is 7.68. The van der Waals surface area contributed by atoms with Crippen molar-refractivity contribution in [2.75, 3.05) is 6.61 Å². The monoisotopic (exact) mass is 464 g/mol. The van der Waals surface area contributed by atoms with Gasteiger partial charge in [-0.05, 0) is 19.1 Å². The standard InChI is InChI=1S/C29H25N2O2P/c1-2-32-28-22-30-29(33-28)26-20-12-13-21-27(26)31-34(23-14-6-3-7-15-23,24-16-8-4-9-17-24)25-18-10-5-11-19-25/h3-22H,2H2,1H3. The van der Waals surface area contributed by atoms with Crippen molar-refractivity contribution in [2.24, 2.45) is 4.74 Å². The van der Waals surface area contributed by atoms with Crippen LogP contribution in [0, 0.1) is 0 Å². The molecule has 0 amide bonds. The normalized spacial score (nSPS) is 11.2. The van der Waals surface area contributed by atoms with E-state index in [1.54, 1.807) is 6.20 Å². The van der Waals surface area contributed by atoms with Gasteiger partial charge in [0.25, 0.3) is 0 Å². The highest BCUT2D eigenvalue weighted by molar-refractivity contribution is 7.87. The molecule has 0 saturated heterocycles. The topological polar surface area (TPSA) is 47.6 Å². The molecule has 0 aliphatic heterocycles. The number of benzene rings is 4. The van der Waals surface area contributed by atoms with Gasteiger partial charge >= 0.3 is 5.95 Å². The van der Waals surface area contributed by atoms with Gasteiger partial charge in [-0.3, -0.25) is 4.74 Å². The van der Waals surface area contributed by atoms with Crippen LogP contribution in [0.25, 0.3) is 11.5 Å². The van der Waals surface area contributed by atoms with Crippen molar-refractivity contribution in [3.8, 4) is 17.4 Å². The zero-order valence-corrected chi connectivity index (χ0v) is 19.8. The molecular formula is C29H25N2O2P. The van der Waals surface area contributed by atoms with E-state index in [2.05, 4.69) is 77.8 Å². The highest BCUT2D eigenvalue weighted by Gasteiger charge is 2.28. The van der Waals surface area contributed by atoms with Crippen molar-refractivity contribution in [1.82, 2.24) is 4.98 Å². The first-order valence-electron chi connectivity index (χ1n) is 11.3. The highest BCUT2D eigenvalue weighted by atomic mass is 31.2. The summed E-state index contributed by atoms with van der Waals surface area (Å²) in [6.45, 7) is 2.44. The summed E-state index contributed by atoms with van der Waals surface area (Å²) >= 11 is 0. The van der Waals surface area contributed by atoms with E-state index in [0.29, 0.717) is 18.4 Å². The Morgan fingerprint density at radius 1 is 0.706 bits per heavy atom. The largest absolute Gasteiger partial charge is 0.464 e.